The molecule has 5 rings (SSSR count). The molecule has 0 saturated heterocycles. The number of aromatic hydroxyl groups is 1. The van der Waals surface area contributed by atoms with Crippen LogP contribution in [0.5, 0.6) is 5.75 Å². The van der Waals surface area contributed by atoms with Crippen molar-refractivity contribution in [1.29, 1.82) is 5.26 Å². The molecule has 0 aliphatic heterocycles. The van der Waals surface area contributed by atoms with Crippen LogP contribution >= 0.6 is 0 Å². The zero-order valence-corrected chi connectivity index (χ0v) is 34.3. The average molecular weight is 764 g/mol. The Morgan fingerprint density at radius 2 is 1.37 bits per heavy atom. The minimum Gasteiger partial charge on any atom is -0.507 e. The molecule has 10 heteroatoms. The molecule has 5 aromatic rings. The lowest BCUT2D eigenvalue weighted by Gasteiger charge is -2.23. The summed E-state index contributed by atoms with van der Waals surface area (Å²) in [5.74, 6) is 3.00. The second kappa shape index (κ2) is 19.2. The van der Waals surface area contributed by atoms with Crippen LogP contribution in [-0.2, 0) is 30.9 Å². The van der Waals surface area contributed by atoms with E-state index in [1.54, 1.807) is 25.1 Å². The molecule has 57 heavy (non-hydrogen) atoms. The molecule has 292 valence electrons. The smallest absolute Gasteiger partial charge is 0.362 e. The molecule has 1 aromatic heterocycles. The van der Waals surface area contributed by atoms with Crippen LogP contribution in [0.25, 0.3) is 40.2 Å². The Morgan fingerprint density at radius 3 is 1.82 bits per heavy atom. The summed E-state index contributed by atoms with van der Waals surface area (Å²) in [4.78, 5) is 38.0. The van der Waals surface area contributed by atoms with Gasteiger partial charge in [-0.3, -0.25) is 4.79 Å². The van der Waals surface area contributed by atoms with Crippen LogP contribution in [-0.4, -0.2) is 46.2 Å². The number of nitriles is 1. The number of aromatic nitrogens is 3. The molecule has 0 saturated carbocycles. The molecule has 4 aromatic carbocycles. The number of rotatable bonds is 9. The second-order valence-corrected chi connectivity index (χ2v) is 14.6. The van der Waals surface area contributed by atoms with Gasteiger partial charge in [0.2, 0.25) is 0 Å². The largest absolute Gasteiger partial charge is 0.507 e. The van der Waals surface area contributed by atoms with Crippen LogP contribution in [0, 0.1) is 51.1 Å². The highest BCUT2D eigenvalue weighted by atomic mass is 16.5. The maximum atomic E-state index is 11.9. The Hall–Kier alpha value is -6.78. The fourth-order valence-electron chi connectivity index (χ4n) is 6.00. The summed E-state index contributed by atoms with van der Waals surface area (Å²) in [6, 6.07) is 25.3. The highest BCUT2D eigenvalue weighted by molar-refractivity contribution is 5.98. The molecule has 0 atom stereocenters. The third-order valence-electron chi connectivity index (χ3n) is 9.04. The maximum Gasteiger partial charge on any atom is 0.362 e. The number of hydrogen-bond donors (Lipinski definition) is 2. The van der Waals surface area contributed by atoms with Crippen LogP contribution in [0.1, 0.15) is 73.1 Å². The lowest BCUT2D eigenvalue weighted by molar-refractivity contribution is -0.140. The first-order valence-corrected chi connectivity index (χ1v) is 18.5. The molecule has 0 fully saturated rings. The summed E-state index contributed by atoms with van der Waals surface area (Å²) in [5, 5.41) is 23.4. The summed E-state index contributed by atoms with van der Waals surface area (Å²) in [7, 11) is 3.20. The molecule has 0 aliphatic carbocycles. The Labute approximate surface area is 335 Å². The van der Waals surface area contributed by atoms with Gasteiger partial charge in [0, 0.05) is 42.8 Å². The molecule has 1 heterocycles. The molecule has 0 aliphatic rings. The minimum atomic E-state index is -0.746. The van der Waals surface area contributed by atoms with E-state index >= 15 is 0 Å². The fraction of sp³-hybridized carbons (Fsp3) is 0.277. The van der Waals surface area contributed by atoms with Crippen molar-refractivity contribution in [2.45, 2.75) is 73.6 Å². The molecule has 2 N–H and O–H groups in total. The van der Waals surface area contributed by atoms with Gasteiger partial charge in [-0.2, -0.15) is 5.26 Å². The fourth-order valence-corrected chi connectivity index (χ4v) is 6.00. The Kier molecular flexibility index (Phi) is 14.5. The number of nitrogens with one attached hydrogen (secondary N) is 1. The number of phenols is 1. The predicted molar refractivity (Wildman–Crippen MR) is 225 cm³/mol. The van der Waals surface area contributed by atoms with E-state index < -0.39 is 5.97 Å². The van der Waals surface area contributed by atoms with E-state index in [1.165, 1.54) is 13.2 Å². The van der Waals surface area contributed by atoms with Crippen LogP contribution in [0.3, 0.4) is 0 Å². The Morgan fingerprint density at radius 1 is 0.825 bits per heavy atom. The topological polar surface area (TPSA) is 147 Å². The second-order valence-electron chi connectivity index (χ2n) is 14.6. The van der Waals surface area contributed by atoms with Crippen molar-refractivity contribution in [1.82, 2.24) is 15.0 Å². The molecule has 0 spiro atoms. The van der Waals surface area contributed by atoms with Gasteiger partial charge in [0.25, 0.3) is 0 Å². The lowest BCUT2D eigenvalue weighted by Crippen LogP contribution is -2.13. The predicted octanol–water partition coefficient (Wildman–Crippen LogP) is 9.37. The van der Waals surface area contributed by atoms with Crippen LogP contribution in [0.4, 0.5) is 5.69 Å². The number of aryl methyl sites for hydroxylation is 5. The summed E-state index contributed by atoms with van der Waals surface area (Å²) in [6.45, 7) is 15.9. The first-order valence-electron chi connectivity index (χ1n) is 18.5. The van der Waals surface area contributed by atoms with Gasteiger partial charge in [0.15, 0.2) is 17.5 Å². The standard InChI is InChI=1S/C33H37N3O3.C14H12N2O2/c1-19-9-12-24(21(3)15-19)30-34-31(25-13-10-20(2)16-22(25)4)36-32(35-30)26-17-23(11-14-28(37)39-8)18-27(29(26)38)33(5,6)7;1-3-8-18-14(17)12(10-15)9-11-4-6-13(16-2)7-5-11/h9-10,12-13,15-18,38H,11,14H2,1-8H3;4-7,9,16H,1-2H3/b;12-9+. The molecule has 0 bridgehead atoms. The molecular formula is C47H49N5O5. The minimum absolute atomic E-state index is 0.0880. The molecule has 0 radical (unpaired) electrons. The van der Waals surface area contributed by atoms with Crippen molar-refractivity contribution in [3.63, 3.8) is 0 Å². The summed E-state index contributed by atoms with van der Waals surface area (Å²) < 4.78 is 9.41. The molecule has 0 amide bonds. The molecule has 10 nitrogen and oxygen atoms in total. The van der Waals surface area contributed by atoms with E-state index in [0.29, 0.717) is 29.5 Å². The Bertz CT molecular complexity index is 2340. The first-order chi connectivity index (χ1) is 27.1. The van der Waals surface area contributed by atoms with Crippen LogP contribution in [0.2, 0.25) is 0 Å². The van der Waals surface area contributed by atoms with Crippen molar-refractivity contribution >= 4 is 23.7 Å². The van der Waals surface area contributed by atoms with Crippen LogP contribution < -0.4 is 5.32 Å². The zero-order valence-electron chi connectivity index (χ0n) is 34.3. The van der Waals surface area contributed by atoms with Gasteiger partial charge in [-0.1, -0.05) is 92.4 Å². The van der Waals surface area contributed by atoms with E-state index in [-0.39, 0.29) is 29.1 Å². The summed E-state index contributed by atoms with van der Waals surface area (Å²) in [5.41, 5.74) is 9.70. The number of phenolic OH excluding ortho intramolecular Hbond substituents is 1. The SMILES string of the molecule is CC#COC(=O)/C(C#N)=C/c1ccc(NC)cc1.COC(=O)CCc1cc(-c2nc(-c3ccc(C)cc3C)nc(-c3ccc(C)cc3C)n2)c(O)c(C(C)(C)C)c1. The molecular weight excluding hydrogens is 715 g/mol. The number of carbonyl (C=O) groups excluding carboxylic acids is 2. The van der Waals surface area contributed by atoms with Crippen LogP contribution in [0.15, 0.2) is 78.4 Å². The zero-order chi connectivity index (χ0) is 41.9. The summed E-state index contributed by atoms with van der Waals surface area (Å²) >= 11 is 0. The average Bonchev–Trinajstić information content (AvgIpc) is 3.18. The number of esters is 2. The van der Waals surface area contributed by atoms with Gasteiger partial charge in [0.05, 0.1) is 12.7 Å². The monoisotopic (exact) mass is 763 g/mol. The van der Waals surface area contributed by atoms with E-state index in [9.17, 15) is 14.7 Å². The van der Waals surface area contributed by atoms with Crippen molar-refractivity contribution in [2.24, 2.45) is 0 Å². The molecule has 0 unspecified atom stereocenters. The third-order valence-corrected chi connectivity index (χ3v) is 9.04. The number of benzene rings is 4. The van der Waals surface area contributed by atoms with Crippen molar-refractivity contribution in [2.75, 3.05) is 19.5 Å². The highest BCUT2D eigenvalue weighted by Crippen LogP contribution is 2.40. The summed E-state index contributed by atoms with van der Waals surface area (Å²) in [6.07, 6.45) is 4.34. The van der Waals surface area contributed by atoms with E-state index in [1.807, 2.05) is 90.2 Å². The van der Waals surface area contributed by atoms with Gasteiger partial charge in [-0.25, -0.2) is 19.7 Å². The lowest BCUT2D eigenvalue weighted by atomic mass is 9.83. The van der Waals surface area contributed by atoms with Crippen molar-refractivity contribution in [3.05, 3.63) is 117 Å². The number of carbonyl (C=O) groups is 2. The number of nitrogens with zero attached hydrogens (tertiary/aromatic N) is 4. The van der Waals surface area contributed by atoms with E-state index in [0.717, 1.165) is 55.8 Å². The highest BCUT2D eigenvalue weighted by Gasteiger charge is 2.25. The van der Waals surface area contributed by atoms with Gasteiger partial charge in [0.1, 0.15) is 23.5 Å². The quantitative estimate of drug-likeness (QED) is 0.0644. The Balaban J connectivity index is 0.000000335. The van der Waals surface area contributed by atoms with Gasteiger partial charge in [-0.05, 0) is 86.1 Å². The first kappa shape index (κ1) is 43.0. The normalized spacial score (nSPS) is 10.9. The van der Waals surface area contributed by atoms with Gasteiger partial charge >= 0.3 is 11.9 Å². The number of hydrogen-bond acceptors (Lipinski definition) is 10. The van der Waals surface area contributed by atoms with Gasteiger partial charge in [-0.15, -0.1) is 0 Å². The van der Waals surface area contributed by atoms with E-state index in [4.69, 9.17) is 25.0 Å². The number of ether oxygens (including phenoxy) is 2. The van der Waals surface area contributed by atoms with Gasteiger partial charge < -0.3 is 19.9 Å². The number of anilines is 1. The van der Waals surface area contributed by atoms with E-state index in [2.05, 4.69) is 48.1 Å². The third kappa shape index (κ3) is 11.4. The van der Waals surface area contributed by atoms with Crippen molar-refractivity contribution in [3.8, 4) is 58.0 Å². The number of methoxy groups -OCH3 is 1. The maximum absolute atomic E-state index is 11.9. The van der Waals surface area contributed by atoms with Crippen molar-refractivity contribution < 1.29 is 24.2 Å².